The van der Waals surface area contributed by atoms with Crippen LogP contribution in [0.3, 0.4) is 0 Å². The highest BCUT2D eigenvalue weighted by atomic mass is 16.3. The quantitative estimate of drug-likeness (QED) is 0.818. The highest BCUT2D eigenvalue weighted by Gasteiger charge is 2.36. The van der Waals surface area contributed by atoms with Crippen LogP contribution in [0.2, 0.25) is 0 Å². The smallest absolute Gasteiger partial charge is 0.234 e. The van der Waals surface area contributed by atoms with E-state index >= 15 is 0 Å². The van der Waals surface area contributed by atoms with E-state index in [9.17, 15) is 9.90 Å². The van der Waals surface area contributed by atoms with Crippen molar-refractivity contribution in [3.8, 4) is 0 Å². The van der Waals surface area contributed by atoms with Gasteiger partial charge in [0, 0.05) is 18.0 Å². The molecule has 1 heterocycles. The first-order chi connectivity index (χ1) is 10.1. The first kappa shape index (κ1) is 16.8. The van der Waals surface area contributed by atoms with Gasteiger partial charge in [0.25, 0.3) is 0 Å². The van der Waals surface area contributed by atoms with Crippen molar-refractivity contribution in [2.45, 2.75) is 83.4 Å². The molecule has 0 spiro atoms. The lowest BCUT2D eigenvalue weighted by molar-refractivity contribution is -0.124. The van der Waals surface area contributed by atoms with Crippen LogP contribution in [0.25, 0.3) is 0 Å². The molecule has 21 heavy (non-hydrogen) atoms. The van der Waals surface area contributed by atoms with Gasteiger partial charge in [0.2, 0.25) is 5.91 Å². The highest BCUT2D eigenvalue weighted by molar-refractivity contribution is 5.78. The van der Waals surface area contributed by atoms with E-state index in [1.807, 2.05) is 0 Å². The van der Waals surface area contributed by atoms with Gasteiger partial charge in [0.05, 0.1) is 12.6 Å². The third-order valence-corrected chi connectivity index (χ3v) is 5.31. The van der Waals surface area contributed by atoms with Gasteiger partial charge in [-0.3, -0.25) is 9.69 Å². The Hall–Kier alpha value is -0.610. The molecule has 0 bridgehead atoms. The standard InChI is InChI=1S/C17H32N2O2/c1-3-13(2)18-17(21)12-19-11-7-6-9-15(19)14-8-4-5-10-16(14)20/h13-16,20H,3-12H2,1-2H3,(H,18,21). The maximum atomic E-state index is 12.2. The summed E-state index contributed by atoms with van der Waals surface area (Å²) < 4.78 is 0. The summed E-state index contributed by atoms with van der Waals surface area (Å²) in [5, 5.41) is 13.4. The van der Waals surface area contributed by atoms with E-state index in [0.29, 0.717) is 18.5 Å². The van der Waals surface area contributed by atoms with E-state index in [1.54, 1.807) is 0 Å². The molecule has 1 saturated heterocycles. The summed E-state index contributed by atoms with van der Waals surface area (Å²) in [4.78, 5) is 14.5. The number of piperidine rings is 1. The SMILES string of the molecule is CCC(C)NC(=O)CN1CCCCC1C1CCCCC1O. The van der Waals surface area contributed by atoms with E-state index in [1.165, 1.54) is 19.3 Å². The van der Waals surface area contributed by atoms with Gasteiger partial charge in [-0.25, -0.2) is 0 Å². The van der Waals surface area contributed by atoms with E-state index in [0.717, 1.165) is 38.6 Å². The average Bonchev–Trinajstić information content (AvgIpc) is 2.48. The molecule has 4 atom stereocenters. The summed E-state index contributed by atoms with van der Waals surface area (Å²) in [6, 6.07) is 0.651. The van der Waals surface area contributed by atoms with Crippen molar-refractivity contribution in [1.82, 2.24) is 10.2 Å². The third-order valence-electron chi connectivity index (χ3n) is 5.31. The molecule has 4 heteroatoms. The molecule has 1 amide bonds. The van der Waals surface area contributed by atoms with Crippen LogP contribution >= 0.6 is 0 Å². The first-order valence-electron chi connectivity index (χ1n) is 8.83. The molecule has 2 N–H and O–H groups in total. The van der Waals surface area contributed by atoms with Gasteiger partial charge in [-0.05, 0) is 45.6 Å². The Labute approximate surface area is 129 Å². The zero-order valence-corrected chi connectivity index (χ0v) is 13.7. The van der Waals surface area contributed by atoms with Crippen LogP contribution < -0.4 is 5.32 Å². The largest absolute Gasteiger partial charge is 0.393 e. The minimum atomic E-state index is -0.165. The second-order valence-corrected chi connectivity index (χ2v) is 6.93. The molecule has 0 radical (unpaired) electrons. The molecule has 4 nitrogen and oxygen atoms in total. The van der Waals surface area contributed by atoms with Crippen molar-refractivity contribution >= 4 is 5.91 Å². The Morgan fingerprint density at radius 2 is 1.95 bits per heavy atom. The number of aliphatic hydroxyl groups excluding tert-OH is 1. The van der Waals surface area contributed by atoms with Gasteiger partial charge in [0.1, 0.15) is 0 Å². The monoisotopic (exact) mass is 296 g/mol. The number of hydrogen-bond acceptors (Lipinski definition) is 3. The van der Waals surface area contributed by atoms with Crippen LogP contribution in [-0.2, 0) is 4.79 Å². The van der Waals surface area contributed by atoms with E-state index in [2.05, 4.69) is 24.1 Å². The molecular weight excluding hydrogens is 264 g/mol. The van der Waals surface area contributed by atoms with E-state index in [4.69, 9.17) is 0 Å². The zero-order chi connectivity index (χ0) is 15.2. The lowest BCUT2D eigenvalue weighted by Gasteiger charge is -2.43. The molecule has 2 fully saturated rings. The molecule has 1 aliphatic carbocycles. The molecule has 2 rings (SSSR count). The number of carbonyl (C=O) groups is 1. The number of aliphatic hydroxyl groups is 1. The maximum absolute atomic E-state index is 12.2. The molecule has 0 aromatic carbocycles. The van der Waals surface area contributed by atoms with E-state index < -0.39 is 0 Å². The topological polar surface area (TPSA) is 52.6 Å². The second-order valence-electron chi connectivity index (χ2n) is 6.93. The average molecular weight is 296 g/mol. The number of nitrogens with one attached hydrogen (secondary N) is 1. The van der Waals surface area contributed by atoms with Crippen molar-refractivity contribution in [2.24, 2.45) is 5.92 Å². The number of nitrogens with zero attached hydrogens (tertiary/aromatic N) is 1. The summed E-state index contributed by atoms with van der Waals surface area (Å²) in [5.74, 6) is 0.511. The van der Waals surface area contributed by atoms with Crippen molar-refractivity contribution in [3.63, 3.8) is 0 Å². The van der Waals surface area contributed by atoms with Gasteiger partial charge in [0.15, 0.2) is 0 Å². The molecule has 4 unspecified atom stereocenters. The van der Waals surface area contributed by atoms with Crippen molar-refractivity contribution in [3.05, 3.63) is 0 Å². The Balaban J connectivity index is 1.93. The molecular formula is C17H32N2O2. The van der Waals surface area contributed by atoms with Crippen LogP contribution in [0.15, 0.2) is 0 Å². The number of rotatable bonds is 5. The van der Waals surface area contributed by atoms with Crippen LogP contribution in [0.4, 0.5) is 0 Å². The summed E-state index contributed by atoms with van der Waals surface area (Å²) in [6.07, 6.45) is 8.79. The predicted octanol–water partition coefficient (Wildman–Crippen LogP) is 2.31. The minimum absolute atomic E-state index is 0.140. The lowest BCUT2D eigenvalue weighted by atomic mass is 9.78. The number of likely N-dealkylation sites (tertiary alicyclic amines) is 1. The summed E-state index contributed by atoms with van der Waals surface area (Å²) in [7, 11) is 0. The highest BCUT2D eigenvalue weighted by Crippen LogP contribution is 2.33. The van der Waals surface area contributed by atoms with E-state index in [-0.39, 0.29) is 18.1 Å². The van der Waals surface area contributed by atoms with Gasteiger partial charge >= 0.3 is 0 Å². The molecule has 122 valence electrons. The Morgan fingerprint density at radius 3 is 2.67 bits per heavy atom. The summed E-state index contributed by atoms with van der Waals surface area (Å²) >= 11 is 0. The Kier molecular flexibility index (Phi) is 6.49. The van der Waals surface area contributed by atoms with Gasteiger partial charge < -0.3 is 10.4 Å². The fourth-order valence-corrected chi connectivity index (χ4v) is 3.89. The third kappa shape index (κ3) is 4.68. The van der Waals surface area contributed by atoms with Crippen LogP contribution in [0.1, 0.15) is 65.2 Å². The minimum Gasteiger partial charge on any atom is -0.393 e. The van der Waals surface area contributed by atoms with Gasteiger partial charge in [-0.15, -0.1) is 0 Å². The zero-order valence-electron chi connectivity index (χ0n) is 13.7. The fraction of sp³-hybridized carbons (Fsp3) is 0.941. The Morgan fingerprint density at radius 1 is 1.24 bits per heavy atom. The summed E-state index contributed by atoms with van der Waals surface area (Å²) in [6.45, 7) is 5.64. The van der Waals surface area contributed by atoms with Gasteiger partial charge in [-0.2, -0.15) is 0 Å². The maximum Gasteiger partial charge on any atom is 0.234 e. The van der Waals surface area contributed by atoms with Crippen molar-refractivity contribution < 1.29 is 9.90 Å². The Bertz CT molecular complexity index is 335. The van der Waals surface area contributed by atoms with Crippen molar-refractivity contribution in [1.29, 1.82) is 0 Å². The molecule has 2 aliphatic rings. The van der Waals surface area contributed by atoms with Crippen LogP contribution in [0, 0.1) is 5.92 Å². The summed E-state index contributed by atoms with van der Waals surface area (Å²) in [5.41, 5.74) is 0. The van der Waals surface area contributed by atoms with Crippen LogP contribution in [-0.4, -0.2) is 47.2 Å². The lowest BCUT2D eigenvalue weighted by Crippen LogP contribution is -2.52. The number of amides is 1. The van der Waals surface area contributed by atoms with Crippen molar-refractivity contribution in [2.75, 3.05) is 13.1 Å². The molecule has 0 aromatic heterocycles. The van der Waals surface area contributed by atoms with Gasteiger partial charge in [-0.1, -0.05) is 26.2 Å². The first-order valence-corrected chi connectivity index (χ1v) is 8.83. The van der Waals surface area contributed by atoms with Crippen LogP contribution in [0.5, 0.6) is 0 Å². The number of hydrogen-bond donors (Lipinski definition) is 2. The fourth-order valence-electron chi connectivity index (χ4n) is 3.89. The molecule has 0 aromatic rings. The second kappa shape index (κ2) is 8.14. The molecule has 1 aliphatic heterocycles. The predicted molar refractivity (Wildman–Crippen MR) is 85.1 cm³/mol. The normalized spacial score (nSPS) is 32.6. The molecule has 1 saturated carbocycles. The number of carbonyl (C=O) groups excluding carboxylic acids is 1.